The maximum Gasteiger partial charge on any atom is 0.142 e. The predicted molar refractivity (Wildman–Crippen MR) is 82.2 cm³/mol. The number of rotatable bonds is 7. The van der Waals surface area contributed by atoms with Crippen molar-refractivity contribution in [2.75, 3.05) is 11.9 Å². The van der Waals surface area contributed by atoms with Gasteiger partial charge in [-0.25, -0.2) is 0 Å². The predicted octanol–water partition coefficient (Wildman–Crippen LogP) is 4.49. The van der Waals surface area contributed by atoms with Gasteiger partial charge in [-0.05, 0) is 30.2 Å². The number of nitrogens with one attached hydrogen (secondary N) is 1. The maximum absolute atomic E-state index is 5.82. The lowest BCUT2D eigenvalue weighted by molar-refractivity contribution is 0.272. The second-order valence-corrected chi connectivity index (χ2v) is 5.28. The second kappa shape index (κ2) is 7.04. The average Bonchev–Trinajstić information content (AvgIpc) is 2.91. The monoisotopic (exact) mass is 273 g/mol. The lowest BCUT2D eigenvalue weighted by Gasteiger charge is -2.13. The molecule has 0 saturated heterocycles. The Hall–Kier alpha value is -1.90. The van der Waals surface area contributed by atoms with Gasteiger partial charge in [0.15, 0.2) is 0 Å². The van der Waals surface area contributed by atoms with Crippen LogP contribution >= 0.6 is 0 Å². The number of hydrogen-bond donors (Lipinski definition) is 1. The molecule has 1 aromatic carbocycles. The molecule has 0 radical (unpaired) electrons. The third kappa shape index (κ3) is 4.05. The van der Waals surface area contributed by atoms with Crippen molar-refractivity contribution in [2.24, 2.45) is 5.92 Å². The van der Waals surface area contributed by atoms with Gasteiger partial charge in [0.25, 0.3) is 0 Å². The number of hydrogen-bond acceptors (Lipinski definition) is 3. The molecule has 0 spiro atoms. The lowest BCUT2D eigenvalue weighted by atomic mass is 10.2. The smallest absolute Gasteiger partial charge is 0.142 e. The molecule has 1 heterocycles. The standard InChI is InChI=1S/C17H23NO2/c1-4-14-9-10-15(20-14)11-18-16-7-5-6-8-17(16)19-12-13(2)3/h5-10,13,18H,4,11-12H2,1-3H3. The van der Waals surface area contributed by atoms with E-state index in [-0.39, 0.29) is 0 Å². The van der Waals surface area contributed by atoms with Crippen LogP contribution in [0.25, 0.3) is 0 Å². The molecule has 0 saturated carbocycles. The Morgan fingerprint density at radius 2 is 1.85 bits per heavy atom. The van der Waals surface area contributed by atoms with Gasteiger partial charge in [0.05, 0.1) is 18.8 Å². The van der Waals surface area contributed by atoms with Gasteiger partial charge in [-0.2, -0.15) is 0 Å². The highest BCUT2D eigenvalue weighted by atomic mass is 16.5. The number of ether oxygens (including phenoxy) is 1. The first kappa shape index (κ1) is 14.5. The molecule has 3 heteroatoms. The summed E-state index contributed by atoms with van der Waals surface area (Å²) in [7, 11) is 0. The zero-order chi connectivity index (χ0) is 14.4. The van der Waals surface area contributed by atoms with Gasteiger partial charge in [0.1, 0.15) is 17.3 Å². The fourth-order valence-corrected chi connectivity index (χ4v) is 1.88. The minimum absolute atomic E-state index is 0.514. The van der Waals surface area contributed by atoms with Crippen molar-refractivity contribution < 1.29 is 9.15 Å². The van der Waals surface area contributed by atoms with Crippen molar-refractivity contribution in [2.45, 2.75) is 33.7 Å². The molecule has 0 aliphatic rings. The summed E-state index contributed by atoms with van der Waals surface area (Å²) in [6.07, 6.45) is 0.925. The first-order valence-electron chi connectivity index (χ1n) is 7.22. The normalized spacial score (nSPS) is 10.8. The highest BCUT2D eigenvalue weighted by Crippen LogP contribution is 2.25. The van der Waals surface area contributed by atoms with Crippen LogP contribution in [0.4, 0.5) is 5.69 Å². The first-order chi connectivity index (χ1) is 9.69. The topological polar surface area (TPSA) is 34.4 Å². The number of anilines is 1. The van der Waals surface area contributed by atoms with Crippen molar-refractivity contribution in [3.63, 3.8) is 0 Å². The molecule has 1 N–H and O–H groups in total. The fraction of sp³-hybridized carbons (Fsp3) is 0.412. The maximum atomic E-state index is 5.82. The molecular weight excluding hydrogens is 250 g/mol. The van der Waals surface area contributed by atoms with Crippen molar-refractivity contribution in [1.82, 2.24) is 0 Å². The van der Waals surface area contributed by atoms with Gasteiger partial charge < -0.3 is 14.5 Å². The Bertz CT molecular complexity index is 531. The van der Waals surface area contributed by atoms with E-state index in [0.29, 0.717) is 12.5 Å². The molecule has 0 bridgehead atoms. The van der Waals surface area contributed by atoms with Gasteiger partial charge in [0, 0.05) is 6.42 Å². The third-order valence-corrected chi connectivity index (χ3v) is 2.98. The largest absolute Gasteiger partial charge is 0.491 e. The number of aryl methyl sites for hydroxylation is 1. The average molecular weight is 273 g/mol. The Labute approximate surface area is 121 Å². The summed E-state index contributed by atoms with van der Waals surface area (Å²) in [5.74, 6) is 3.37. The molecule has 108 valence electrons. The molecule has 2 aromatic rings. The summed E-state index contributed by atoms with van der Waals surface area (Å²) in [5.41, 5.74) is 1.00. The van der Waals surface area contributed by atoms with Gasteiger partial charge in [0.2, 0.25) is 0 Å². The van der Waals surface area contributed by atoms with Crippen LogP contribution in [0.3, 0.4) is 0 Å². The summed E-state index contributed by atoms with van der Waals surface area (Å²) in [6.45, 7) is 7.77. The lowest BCUT2D eigenvalue weighted by Crippen LogP contribution is -2.07. The van der Waals surface area contributed by atoms with Crippen LogP contribution in [0.15, 0.2) is 40.8 Å². The van der Waals surface area contributed by atoms with Crippen molar-refractivity contribution in [3.05, 3.63) is 47.9 Å². The van der Waals surface area contributed by atoms with E-state index in [1.54, 1.807) is 0 Å². The van der Waals surface area contributed by atoms with E-state index in [0.717, 1.165) is 36.0 Å². The zero-order valence-electron chi connectivity index (χ0n) is 12.5. The van der Waals surface area contributed by atoms with Crippen LogP contribution in [-0.4, -0.2) is 6.61 Å². The third-order valence-electron chi connectivity index (χ3n) is 2.98. The van der Waals surface area contributed by atoms with Crippen molar-refractivity contribution in [3.8, 4) is 5.75 Å². The quantitative estimate of drug-likeness (QED) is 0.807. The van der Waals surface area contributed by atoms with Crippen LogP contribution in [0.1, 0.15) is 32.3 Å². The number of para-hydroxylation sites is 2. The Kier molecular flexibility index (Phi) is 5.10. The molecule has 20 heavy (non-hydrogen) atoms. The molecule has 0 aliphatic heterocycles. The van der Waals surface area contributed by atoms with Gasteiger partial charge in [-0.15, -0.1) is 0 Å². The Morgan fingerprint density at radius 1 is 1.10 bits per heavy atom. The van der Waals surface area contributed by atoms with Gasteiger partial charge in [-0.1, -0.05) is 32.9 Å². The van der Waals surface area contributed by atoms with E-state index in [1.165, 1.54) is 0 Å². The van der Waals surface area contributed by atoms with Crippen molar-refractivity contribution in [1.29, 1.82) is 0 Å². The molecule has 2 rings (SSSR count). The van der Waals surface area contributed by atoms with E-state index in [9.17, 15) is 0 Å². The Balaban J connectivity index is 1.97. The first-order valence-corrected chi connectivity index (χ1v) is 7.22. The van der Waals surface area contributed by atoms with Crippen molar-refractivity contribution >= 4 is 5.69 Å². The molecule has 3 nitrogen and oxygen atoms in total. The highest BCUT2D eigenvalue weighted by Gasteiger charge is 2.05. The summed E-state index contributed by atoms with van der Waals surface area (Å²) >= 11 is 0. The SMILES string of the molecule is CCc1ccc(CNc2ccccc2OCC(C)C)o1. The summed E-state index contributed by atoms with van der Waals surface area (Å²) in [6, 6.07) is 12.1. The molecule has 1 aromatic heterocycles. The minimum atomic E-state index is 0.514. The van der Waals surface area contributed by atoms with Crippen LogP contribution in [0, 0.1) is 5.92 Å². The van der Waals surface area contributed by atoms with E-state index < -0.39 is 0 Å². The summed E-state index contributed by atoms with van der Waals surface area (Å²) in [4.78, 5) is 0. The van der Waals surface area contributed by atoms with Gasteiger partial charge >= 0.3 is 0 Å². The summed E-state index contributed by atoms with van der Waals surface area (Å²) < 4.78 is 11.5. The number of furan rings is 1. The molecule has 0 aliphatic carbocycles. The van der Waals surface area contributed by atoms with E-state index in [1.807, 2.05) is 36.4 Å². The summed E-state index contributed by atoms with van der Waals surface area (Å²) in [5, 5.41) is 3.37. The van der Waals surface area contributed by atoms with Crippen LogP contribution in [-0.2, 0) is 13.0 Å². The second-order valence-electron chi connectivity index (χ2n) is 5.28. The van der Waals surface area contributed by atoms with Crippen LogP contribution in [0.2, 0.25) is 0 Å². The highest BCUT2D eigenvalue weighted by molar-refractivity contribution is 5.56. The zero-order valence-corrected chi connectivity index (χ0v) is 12.5. The van der Waals surface area contributed by atoms with Crippen LogP contribution in [0.5, 0.6) is 5.75 Å². The van der Waals surface area contributed by atoms with Crippen LogP contribution < -0.4 is 10.1 Å². The fourth-order valence-electron chi connectivity index (χ4n) is 1.88. The Morgan fingerprint density at radius 3 is 2.55 bits per heavy atom. The molecule has 0 atom stereocenters. The molecule has 0 fully saturated rings. The number of benzene rings is 1. The molecular formula is C17H23NO2. The van der Waals surface area contributed by atoms with E-state index >= 15 is 0 Å². The molecule has 0 amide bonds. The van der Waals surface area contributed by atoms with Gasteiger partial charge in [-0.3, -0.25) is 0 Å². The van der Waals surface area contributed by atoms with E-state index in [2.05, 4.69) is 26.1 Å². The minimum Gasteiger partial charge on any atom is -0.491 e. The molecule has 0 unspecified atom stereocenters. The van der Waals surface area contributed by atoms with E-state index in [4.69, 9.17) is 9.15 Å².